The third-order valence-corrected chi connectivity index (χ3v) is 3.75. The lowest BCUT2D eigenvalue weighted by Gasteiger charge is -2.29. The van der Waals surface area contributed by atoms with Gasteiger partial charge in [-0.3, -0.25) is 0 Å². The molecule has 5 heteroatoms. The SMILES string of the molecule is COc1cccc(Nc2cccc3c2OCCN3C)c1OC. The molecule has 0 amide bonds. The number of nitrogens with zero attached hydrogens (tertiary/aromatic N) is 1. The number of rotatable bonds is 4. The van der Waals surface area contributed by atoms with Crippen LogP contribution in [0.3, 0.4) is 0 Å². The zero-order valence-corrected chi connectivity index (χ0v) is 13.1. The highest BCUT2D eigenvalue weighted by Crippen LogP contribution is 2.42. The molecule has 1 aliphatic rings. The Morgan fingerprint density at radius 3 is 2.59 bits per heavy atom. The van der Waals surface area contributed by atoms with Crippen LogP contribution in [0, 0.1) is 0 Å². The van der Waals surface area contributed by atoms with Crippen LogP contribution in [0.1, 0.15) is 0 Å². The topological polar surface area (TPSA) is 43.0 Å². The van der Waals surface area contributed by atoms with Gasteiger partial charge in [0.25, 0.3) is 0 Å². The number of anilines is 3. The monoisotopic (exact) mass is 300 g/mol. The van der Waals surface area contributed by atoms with Crippen LogP contribution in [-0.2, 0) is 0 Å². The number of fused-ring (bicyclic) bond motifs is 1. The summed E-state index contributed by atoms with van der Waals surface area (Å²) in [5.74, 6) is 2.23. The fourth-order valence-corrected chi connectivity index (χ4v) is 2.61. The number of hydrogen-bond acceptors (Lipinski definition) is 5. The molecule has 0 bridgehead atoms. The number of nitrogens with one attached hydrogen (secondary N) is 1. The summed E-state index contributed by atoms with van der Waals surface area (Å²) in [7, 11) is 5.33. The maximum atomic E-state index is 5.85. The van der Waals surface area contributed by atoms with Crippen molar-refractivity contribution in [1.82, 2.24) is 0 Å². The second-order valence-electron chi connectivity index (χ2n) is 5.09. The second-order valence-corrected chi connectivity index (χ2v) is 5.09. The Hall–Kier alpha value is -2.56. The predicted molar refractivity (Wildman–Crippen MR) is 88.0 cm³/mol. The standard InChI is InChI=1S/C17H20N2O3/c1-19-10-11-22-16-12(6-4-8-14(16)19)18-13-7-5-9-15(20-2)17(13)21-3/h4-9,18H,10-11H2,1-3H3. The Kier molecular flexibility index (Phi) is 3.96. The first-order valence-electron chi connectivity index (χ1n) is 7.19. The van der Waals surface area contributed by atoms with Gasteiger partial charge < -0.3 is 24.4 Å². The van der Waals surface area contributed by atoms with Crippen molar-refractivity contribution < 1.29 is 14.2 Å². The van der Waals surface area contributed by atoms with Gasteiger partial charge in [0.2, 0.25) is 0 Å². The van der Waals surface area contributed by atoms with Gasteiger partial charge in [-0.2, -0.15) is 0 Å². The van der Waals surface area contributed by atoms with Gasteiger partial charge in [-0.25, -0.2) is 0 Å². The minimum atomic E-state index is 0.673. The highest BCUT2D eigenvalue weighted by Gasteiger charge is 2.19. The minimum Gasteiger partial charge on any atom is -0.493 e. The molecule has 0 unspecified atom stereocenters. The van der Waals surface area contributed by atoms with E-state index in [1.807, 2.05) is 30.3 Å². The van der Waals surface area contributed by atoms with E-state index >= 15 is 0 Å². The number of ether oxygens (including phenoxy) is 3. The van der Waals surface area contributed by atoms with Gasteiger partial charge >= 0.3 is 0 Å². The zero-order valence-electron chi connectivity index (χ0n) is 13.1. The van der Waals surface area contributed by atoms with Crippen molar-refractivity contribution >= 4 is 17.1 Å². The maximum Gasteiger partial charge on any atom is 0.184 e. The molecule has 1 aliphatic heterocycles. The van der Waals surface area contributed by atoms with Crippen molar-refractivity contribution in [3.8, 4) is 17.2 Å². The average molecular weight is 300 g/mol. The van der Waals surface area contributed by atoms with Crippen LogP contribution in [-0.4, -0.2) is 34.4 Å². The Morgan fingerprint density at radius 1 is 1.05 bits per heavy atom. The molecular weight excluding hydrogens is 280 g/mol. The summed E-state index contributed by atoms with van der Waals surface area (Å²) < 4.78 is 16.7. The quantitative estimate of drug-likeness (QED) is 0.938. The number of benzene rings is 2. The summed E-state index contributed by atoms with van der Waals surface area (Å²) in [6.45, 7) is 1.57. The summed E-state index contributed by atoms with van der Waals surface area (Å²) in [5, 5.41) is 3.39. The van der Waals surface area contributed by atoms with Gasteiger partial charge in [0, 0.05) is 7.05 Å². The molecule has 0 saturated heterocycles. The summed E-state index contributed by atoms with van der Waals surface area (Å²) in [4.78, 5) is 2.19. The Bertz CT molecular complexity index is 673. The summed E-state index contributed by atoms with van der Waals surface area (Å²) in [6.07, 6.45) is 0. The molecule has 0 saturated carbocycles. The molecule has 0 spiro atoms. The Morgan fingerprint density at radius 2 is 1.82 bits per heavy atom. The molecule has 0 fully saturated rings. The molecule has 1 heterocycles. The maximum absolute atomic E-state index is 5.85. The number of para-hydroxylation sites is 2. The lowest BCUT2D eigenvalue weighted by molar-refractivity contribution is 0.313. The van der Waals surface area contributed by atoms with Crippen LogP contribution in [0.25, 0.3) is 0 Å². The first kappa shape index (κ1) is 14.4. The molecule has 2 aromatic carbocycles. The van der Waals surface area contributed by atoms with Gasteiger partial charge in [-0.05, 0) is 24.3 Å². The van der Waals surface area contributed by atoms with E-state index < -0.39 is 0 Å². The van der Waals surface area contributed by atoms with Crippen molar-refractivity contribution in [2.45, 2.75) is 0 Å². The van der Waals surface area contributed by atoms with E-state index in [9.17, 15) is 0 Å². The second kappa shape index (κ2) is 6.05. The lowest BCUT2D eigenvalue weighted by Crippen LogP contribution is -2.29. The number of likely N-dealkylation sites (N-methyl/N-ethyl adjacent to an activating group) is 1. The van der Waals surface area contributed by atoms with Crippen LogP contribution in [0.15, 0.2) is 36.4 Å². The molecule has 0 aromatic heterocycles. The van der Waals surface area contributed by atoms with Gasteiger partial charge in [-0.15, -0.1) is 0 Å². The van der Waals surface area contributed by atoms with E-state index in [0.29, 0.717) is 18.1 Å². The average Bonchev–Trinajstić information content (AvgIpc) is 2.55. The van der Waals surface area contributed by atoms with E-state index in [2.05, 4.69) is 23.3 Å². The van der Waals surface area contributed by atoms with Crippen molar-refractivity contribution in [2.24, 2.45) is 0 Å². The first-order valence-corrected chi connectivity index (χ1v) is 7.19. The number of hydrogen-bond donors (Lipinski definition) is 1. The van der Waals surface area contributed by atoms with Gasteiger partial charge in [0.15, 0.2) is 17.2 Å². The van der Waals surface area contributed by atoms with Crippen molar-refractivity contribution in [2.75, 3.05) is 44.6 Å². The molecule has 0 radical (unpaired) electrons. The third-order valence-electron chi connectivity index (χ3n) is 3.75. The van der Waals surface area contributed by atoms with E-state index in [1.165, 1.54) is 0 Å². The molecule has 5 nitrogen and oxygen atoms in total. The molecule has 2 aromatic rings. The smallest absolute Gasteiger partial charge is 0.184 e. The minimum absolute atomic E-state index is 0.673. The highest BCUT2D eigenvalue weighted by molar-refractivity contribution is 5.79. The number of methoxy groups -OCH3 is 2. The van der Waals surface area contributed by atoms with E-state index in [1.54, 1.807) is 14.2 Å². The van der Waals surface area contributed by atoms with Crippen molar-refractivity contribution in [3.05, 3.63) is 36.4 Å². The first-order chi connectivity index (χ1) is 10.7. The lowest BCUT2D eigenvalue weighted by atomic mass is 10.2. The third kappa shape index (κ3) is 2.50. The predicted octanol–water partition coefficient (Wildman–Crippen LogP) is 3.28. The molecule has 22 heavy (non-hydrogen) atoms. The molecule has 0 atom stereocenters. The van der Waals surface area contributed by atoms with Crippen LogP contribution in [0.5, 0.6) is 17.2 Å². The Balaban J connectivity index is 1.99. The molecule has 1 N–H and O–H groups in total. The molecule has 116 valence electrons. The zero-order chi connectivity index (χ0) is 15.5. The summed E-state index contributed by atoms with van der Waals surface area (Å²) in [5.41, 5.74) is 2.83. The highest BCUT2D eigenvalue weighted by atomic mass is 16.5. The van der Waals surface area contributed by atoms with Crippen LogP contribution in [0.4, 0.5) is 17.1 Å². The van der Waals surface area contributed by atoms with E-state index in [4.69, 9.17) is 14.2 Å². The molecule has 0 aliphatic carbocycles. The van der Waals surface area contributed by atoms with Crippen LogP contribution >= 0.6 is 0 Å². The normalized spacial score (nSPS) is 13.1. The molecule has 3 rings (SSSR count). The van der Waals surface area contributed by atoms with Crippen molar-refractivity contribution in [3.63, 3.8) is 0 Å². The van der Waals surface area contributed by atoms with Gasteiger partial charge in [0.05, 0.1) is 37.8 Å². The van der Waals surface area contributed by atoms with Gasteiger partial charge in [0.1, 0.15) is 6.61 Å². The van der Waals surface area contributed by atoms with Gasteiger partial charge in [-0.1, -0.05) is 12.1 Å². The van der Waals surface area contributed by atoms with E-state index in [-0.39, 0.29) is 0 Å². The Labute approximate surface area is 130 Å². The van der Waals surface area contributed by atoms with Crippen LogP contribution in [0.2, 0.25) is 0 Å². The largest absolute Gasteiger partial charge is 0.493 e. The fraction of sp³-hybridized carbons (Fsp3) is 0.294. The van der Waals surface area contributed by atoms with Crippen molar-refractivity contribution in [1.29, 1.82) is 0 Å². The fourth-order valence-electron chi connectivity index (χ4n) is 2.61. The van der Waals surface area contributed by atoms with E-state index in [0.717, 1.165) is 29.4 Å². The molecular formula is C17H20N2O3. The summed E-state index contributed by atoms with van der Waals surface area (Å²) >= 11 is 0. The van der Waals surface area contributed by atoms with Crippen LogP contribution < -0.4 is 24.4 Å². The summed E-state index contributed by atoms with van der Waals surface area (Å²) in [6, 6.07) is 11.8.